The van der Waals surface area contributed by atoms with Gasteiger partial charge in [0, 0.05) is 19.3 Å². The standard InChI is InChI=1S/C11H13NO2/c1-9(13)14-11(5-2-6-11)10-3-7-12-8-4-10/h3-4,7-8H,2,5-6H2,1H3. The van der Waals surface area contributed by atoms with Crippen LogP contribution in [0.5, 0.6) is 0 Å². The molecule has 0 bridgehead atoms. The highest BCUT2D eigenvalue weighted by molar-refractivity contribution is 5.67. The molecule has 0 unspecified atom stereocenters. The van der Waals surface area contributed by atoms with Crippen LogP contribution >= 0.6 is 0 Å². The van der Waals surface area contributed by atoms with Crippen LogP contribution < -0.4 is 0 Å². The van der Waals surface area contributed by atoms with E-state index in [0.717, 1.165) is 24.8 Å². The van der Waals surface area contributed by atoms with Crippen LogP contribution in [0.4, 0.5) is 0 Å². The SMILES string of the molecule is CC(=O)OC1(c2ccncc2)CCC1. The highest BCUT2D eigenvalue weighted by Crippen LogP contribution is 2.44. The highest BCUT2D eigenvalue weighted by Gasteiger charge is 2.41. The quantitative estimate of drug-likeness (QED) is 0.671. The van der Waals surface area contributed by atoms with Crippen molar-refractivity contribution in [2.75, 3.05) is 0 Å². The lowest BCUT2D eigenvalue weighted by atomic mass is 9.75. The Kier molecular flexibility index (Phi) is 2.23. The molecular formula is C11H13NO2. The fraction of sp³-hybridized carbons (Fsp3) is 0.455. The number of esters is 1. The summed E-state index contributed by atoms with van der Waals surface area (Å²) in [4.78, 5) is 14.9. The smallest absolute Gasteiger partial charge is 0.303 e. The van der Waals surface area contributed by atoms with Crippen molar-refractivity contribution in [1.82, 2.24) is 4.98 Å². The molecule has 0 atom stereocenters. The van der Waals surface area contributed by atoms with Crippen LogP contribution in [-0.4, -0.2) is 11.0 Å². The van der Waals surface area contributed by atoms with E-state index in [2.05, 4.69) is 4.98 Å². The molecule has 0 saturated heterocycles. The van der Waals surface area contributed by atoms with Crippen molar-refractivity contribution in [3.05, 3.63) is 30.1 Å². The van der Waals surface area contributed by atoms with Crippen molar-refractivity contribution in [3.63, 3.8) is 0 Å². The third-order valence-electron chi connectivity index (χ3n) is 2.71. The maximum atomic E-state index is 11.0. The fourth-order valence-electron chi connectivity index (χ4n) is 1.88. The van der Waals surface area contributed by atoms with Gasteiger partial charge in [-0.25, -0.2) is 0 Å². The second-order valence-electron chi connectivity index (χ2n) is 3.68. The van der Waals surface area contributed by atoms with E-state index in [1.54, 1.807) is 12.4 Å². The fourth-order valence-corrected chi connectivity index (χ4v) is 1.88. The highest BCUT2D eigenvalue weighted by atomic mass is 16.6. The minimum Gasteiger partial charge on any atom is -0.454 e. The molecule has 0 radical (unpaired) electrons. The first-order valence-electron chi connectivity index (χ1n) is 4.83. The lowest BCUT2D eigenvalue weighted by Crippen LogP contribution is -2.38. The third kappa shape index (κ3) is 1.50. The van der Waals surface area contributed by atoms with Gasteiger partial charge in [-0.1, -0.05) is 0 Å². The predicted octanol–water partition coefficient (Wildman–Crippen LogP) is 2.02. The van der Waals surface area contributed by atoms with Gasteiger partial charge in [-0.2, -0.15) is 0 Å². The molecule has 1 aromatic heterocycles. The summed E-state index contributed by atoms with van der Waals surface area (Å²) in [7, 11) is 0. The average Bonchev–Trinajstić information content (AvgIpc) is 2.12. The molecule has 1 aliphatic rings. The Bertz CT molecular complexity index is 330. The van der Waals surface area contributed by atoms with Gasteiger partial charge in [0.1, 0.15) is 5.60 Å². The molecule has 1 aliphatic carbocycles. The summed E-state index contributed by atoms with van der Waals surface area (Å²) < 4.78 is 5.39. The number of hydrogen-bond donors (Lipinski definition) is 0. The number of carbonyl (C=O) groups is 1. The van der Waals surface area contributed by atoms with Gasteiger partial charge in [0.2, 0.25) is 0 Å². The molecule has 74 valence electrons. The van der Waals surface area contributed by atoms with Gasteiger partial charge in [-0.05, 0) is 37.0 Å². The van der Waals surface area contributed by atoms with E-state index >= 15 is 0 Å². The normalized spacial score (nSPS) is 18.4. The van der Waals surface area contributed by atoms with E-state index in [4.69, 9.17) is 4.74 Å². The molecule has 14 heavy (non-hydrogen) atoms. The molecule has 1 heterocycles. The Morgan fingerprint density at radius 1 is 1.43 bits per heavy atom. The lowest BCUT2D eigenvalue weighted by Gasteiger charge is -2.41. The zero-order chi connectivity index (χ0) is 10.0. The molecule has 0 aliphatic heterocycles. The number of aromatic nitrogens is 1. The number of carbonyl (C=O) groups excluding carboxylic acids is 1. The number of ether oxygens (including phenoxy) is 1. The molecule has 3 nitrogen and oxygen atoms in total. The van der Waals surface area contributed by atoms with Gasteiger partial charge >= 0.3 is 5.97 Å². The first kappa shape index (κ1) is 9.19. The zero-order valence-corrected chi connectivity index (χ0v) is 8.19. The molecule has 1 saturated carbocycles. The summed E-state index contributed by atoms with van der Waals surface area (Å²) in [5.74, 6) is -0.207. The Morgan fingerprint density at radius 2 is 2.07 bits per heavy atom. The first-order valence-corrected chi connectivity index (χ1v) is 4.83. The number of pyridine rings is 1. The molecule has 0 amide bonds. The number of nitrogens with zero attached hydrogens (tertiary/aromatic N) is 1. The second kappa shape index (κ2) is 3.40. The average molecular weight is 191 g/mol. The summed E-state index contributed by atoms with van der Waals surface area (Å²) >= 11 is 0. The molecule has 0 spiro atoms. The Balaban J connectivity index is 2.25. The minimum atomic E-state index is -0.352. The molecule has 2 rings (SSSR count). The summed E-state index contributed by atoms with van der Waals surface area (Å²) in [6.45, 7) is 1.46. The summed E-state index contributed by atoms with van der Waals surface area (Å²) in [6.07, 6.45) is 6.45. The van der Waals surface area contributed by atoms with Gasteiger partial charge in [0.15, 0.2) is 0 Å². The van der Waals surface area contributed by atoms with Crippen molar-refractivity contribution in [1.29, 1.82) is 0 Å². The molecule has 3 heteroatoms. The molecular weight excluding hydrogens is 178 g/mol. The van der Waals surface area contributed by atoms with Crippen LogP contribution in [0.25, 0.3) is 0 Å². The van der Waals surface area contributed by atoms with Gasteiger partial charge < -0.3 is 4.74 Å². The largest absolute Gasteiger partial charge is 0.454 e. The molecule has 1 fully saturated rings. The van der Waals surface area contributed by atoms with Gasteiger partial charge in [-0.3, -0.25) is 9.78 Å². The minimum absolute atomic E-state index is 0.207. The van der Waals surface area contributed by atoms with Crippen LogP contribution in [0.1, 0.15) is 31.7 Å². The Hall–Kier alpha value is -1.38. The number of hydrogen-bond acceptors (Lipinski definition) is 3. The third-order valence-corrected chi connectivity index (χ3v) is 2.71. The number of rotatable bonds is 2. The van der Waals surface area contributed by atoms with Crippen molar-refractivity contribution in [2.24, 2.45) is 0 Å². The molecule has 0 aromatic carbocycles. The van der Waals surface area contributed by atoms with E-state index in [9.17, 15) is 4.79 Å². The topological polar surface area (TPSA) is 39.2 Å². The van der Waals surface area contributed by atoms with Gasteiger partial charge in [0.25, 0.3) is 0 Å². The maximum absolute atomic E-state index is 11.0. The monoisotopic (exact) mass is 191 g/mol. The van der Waals surface area contributed by atoms with Crippen LogP contribution in [0.3, 0.4) is 0 Å². The maximum Gasteiger partial charge on any atom is 0.303 e. The van der Waals surface area contributed by atoms with Crippen molar-refractivity contribution in [3.8, 4) is 0 Å². The van der Waals surface area contributed by atoms with Crippen LogP contribution in [0, 0.1) is 0 Å². The van der Waals surface area contributed by atoms with Crippen LogP contribution in [-0.2, 0) is 15.1 Å². The van der Waals surface area contributed by atoms with Crippen LogP contribution in [0.2, 0.25) is 0 Å². The van der Waals surface area contributed by atoms with Crippen molar-refractivity contribution in [2.45, 2.75) is 31.8 Å². The van der Waals surface area contributed by atoms with E-state index in [0.29, 0.717) is 0 Å². The summed E-state index contributed by atoms with van der Waals surface area (Å²) in [5, 5.41) is 0. The molecule has 1 aromatic rings. The summed E-state index contributed by atoms with van der Waals surface area (Å²) in [6, 6.07) is 3.84. The summed E-state index contributed by atoms with van der Waals surface area (Å²) in [5.41, 5.74) is 0.711. The van der Waals surface area contributed by atoms with E-state index in [1.165, 1.54) is 6.92 Å². The van der Waals surface area contributed by atoms with Crippen molar-refractivity contribution < 1.29 is 9.53 Å². The Labute approximate surface area is 83.1 Å². The zero-order valence-electron chi connectivity index (χ0n) is 8.19. The first-order chi connectivity index (χ1) is 6.73. The van der Waals surface area contributed by atoms with Gasteiger partial charge in [0.05, 0.1) is 0 Å². The second-order valence-corrected chi connectivity index (χ2v) is 3.68. The Morgan fingerprint density at radius 3 is 2.50 bits per heavy atom. The lowest BCUT2D eigenvalue weighted by molar-refractivity contribution is -0.168. The van der Waals surface area contributed by atoms with E-state index < -0.39 is 0 Å². The van der Waals surface area contributed by atoms with Crippen LogP contribution in [0.15, 0.2) is 24.5 Å². The predicted molar refractivity (Wildman–Crippen MR) is 51.5 cm³/mol. The van der Waals surface area contributed by atoms with Gasteiger partial charge in [-0.15, -0.1) is 0 Å². The van der Waals surface area contributed by atoms with E-state index in [-0.39, 0.29) is 11.6 Å². The van der Waals surface area contributed by atoms with E-state index in [1.807, 2.05) is 12.1 Å². The van der Waals surface area contributed by atoms with Crippen molar-refractivity contribution >= 4 is 5.97 Å². The molecule has 0 N–H and O–H groups in total.